The van der Waals surface area contributed by atoms with Gasteiger partial charge in [-0.15, -0.1) is 0 Å². The fourth-order valence-corrected chi connectivity index (χ4v) is 3.13. The van der Waals surface area contributed by atoms with Crippen molar-refractivity contribution >= 4 is 5.69 Å². The standard InChI is InChI=1S/C15H23N3/c1-2-5-14(6-3-1)17-9-11-18(12-10-17)15-7-4-8-16-13-15/h1-3,5-6,15-16H,4,7-13H2. The average Bonchev–Trinajstić information content (AvgIpc) is 2.49. The Hall–Kier alpha value is -1.06. The maximum absolute atomic E-state index is 3.52. The van der Waals surface area contributed by atoms with E-state index in [1.54, 1.807) is 0 Å². The third-order valence-corrected chi connectivity index (χ3v) is 4.22. The van der Waals surface area contributed by atoms with Crippen molar-refractivity contribution in [3.05, 3.63) is 30.3 Å². The predicted molar refractivity (Wildman–Crippen MR) is 76.1 cm³/mol. The Morgan fingerprint density at radius 2 is 1.78 bits per heavy atom. The number of para-hydroxylation sites is 1. The fraction of sp³-hybridized carbons (Fsp3) is 0.600. The van der Waals surface area contributed by atoms with E-state index >= 15 is 0 Å². The van der Waals surface area contributed by atoms with Gasteiger partial charge < -0.3 is 10.2 Å². The fourth-order valence-electron chi connectivity index (χ4n) is 3.13. The third kappa shape index (κ3) is 2.68. The number of piperidine rings is 1. The summed E-state index contributed by atoms with van der Waals surface area (Å²) in [5, 5.41) is 3.52. The number of rotatable bonds is 2. The first-order chi connectivity index (χ1) is 8.93. The highest BCUT2D eigenvalue weighted by molar-refractivity contribution is 5.46. The normalized spacial score (nSPS) is 26.2. The van der Waals surface area contributed by atoms with E-state index in [1.165, 1.54) is 57.8 Å². The molecule has 1 atom stereocenters. The van der Waals surface area contributed by atoms with Gasteiger partial charge in [0.2, 0.25) is 0 Å². The first kappa shape index (κ1) is 12.0. The van der Waals surface area contributed by atoms with Crippen LogP contribution >= 0.6 is 0 Å². The smallest absolute Gasteiger partial charge is 0.0367 e. The van der Waals surface area contributed by atoms with E-state index in [0.29, 0.717) is 0 Å². The minimum atomic E-state index is 0.775. The molecule has 0 bridgehead atoms. The molecule has 0 aliphatic carbocycles. The van der Waals surface area contributed by atoms with Gasteiger partial charge in [-0.3, -0.25) is 4.90 Å². The largest absolute Gasteiger partial charge is 0.369 e. The molecule has 1 N–H and O–H groups in total. The molecule has 98 valence electrons. The lowest BCUT2D eigenvalue weighted by atomic mass is 10.0. The van der Waals surface area contributed by atoms with Gasteiger partial charge in [-0.05, 0) is 31.5 Å². The van der Waals surface area contributed by atoms with E-state index in [1.807, 2.05) is 0 Å². The van der Waals surface area contributed by atoms with Crippen molar-refractivity contribution in [2.24, 2.45) is 0 Å². The molecule has 2 aliphatic rings. The summed E-state index contributed by atoms with van der Waals surface area (Å²) in [5.74, 6) is 0. The lowest BCUT2D eigenvalue weighted by Crippen LogP contribution is -2.54. The first-order valence-corrected chi connectivity index (χ1v) is 7.18. The molecule has 0 aromatic heterocycles. The summed E-state index contributed by atoms with van der Waals surface area (Å²) >= 11 is 0. The third-order valence-electron chi connectivity index (χ3n) is 4.22. The number of hydrogen-bond acceptors (Lipinski definition) is 3. The van der Waals surface area contributed by atoms with Crippen LogP contribution in [0.1, 0.15) is 12.8 Å². The van der Waals surface area contributed by atoms with Crippen LogP contribution in [0.25, 0.3) is 0 Å². The van der Waals surface area contributed by atoms with Gasteiger partial charge in [0.25, 0.3) is 0 Å². The molecule has 2 fully saturated rings. The SMILES string of the molecule is c1ccc(N2CCN(C3CCCNC3)CC2)cc1. The number of hydrogen-bond donors (Lipinski definition) is 1. The molecule has 1 aromatic rings. The number of nitrogens with zero attached hydrogens (tertiary/aromatic N) is 2. The van der Waals surface area contributed by atoms with Gasteiger partial charge in [-0.1, -0.05) is 18.2 Å². The van der Waals surface area contributed by atoms with Crippen molar-refractivity contribution < 1.29 is 0 Å². The number of nitrogens with one attached hydrogen (secondary N) is 1. The molecule has 0 amide bonds. The van der Waals surface area contributed by atoms with E-state index < -0.39 is 0 Å². The Bertz CT molecular complexity index is 351. The van der Waals surface area contributed by atoms with Crippen LogP contribution in [-0.4, -0.2) is 50.2 Å². The first-order valence-electron chi connectivity index (χ1n) is 7.18. The molecule has 1 unspecified atom stereocenters. The highest BCUT2D eigenvalue weighted by Crippen LogP contribution is 2.18. The second-order valence-electron chi connectivity index (χ2n) is 5.36. The Balaban J connectivity index is 1.54. The summed E-state index contributed by atoms with van der Waals surface area (Å²) in [6.07, 6.45) is 2.71. The van der Waals surface area contributed by atoms with Gasteiger partial charge in [0.1, 0.15) is 0 Å². The van der Waals surface area contributed by atoms with Crippen LogP contribution in [0.3, 0.4) is 0 Å². The van der Waals surface area contributed by atoms with Crippen molar-refractivity contribution in [2.75, 3.05) is 44.2 Å². The van der Waals surface area contributed by atoms with Crippen LogP contribution in [0.5, 0.6) is 0 Å². The molecule has 2 saturated heterocycles. The topological polar surface area (TPSA) is 18.5 Å². The van der Waals surface area contributed by atoms with E-state index in [-0.39, 0.29) is 0 Å². The molecule has 3 rings (SSSR count). The number of anilines is 1. The van der Waals surface area contributed by atoms with E-state index in [2.05, 4.69) is 45.4 Å². The molecule has 0 radical (unpaired) electrons. The van der Waals surface area contributed by atoms with Crippen molar-refractivity contribution in [1.29, 1.82) is 0 Å². The van der Waals surface area contributed by atoms with Crippen LogP contribution in [-0.2, 0) is 0 Å². The summed E-state index contributed by atoms with van der Waals surface area (Å²) in [6.45, 7) is 7.15. The van der Waals surface area contributed by atoms with Crippen LogP contribution in [0, 0.1) is 0 Å². The second-order valence-corrected chi connectivity index (χ2v) is 5.36. The van der Waals surface area contributed by atoms with Gasteiger partial charge in [0.05, 0.1) is 0 Å². The van der Waals surface area contributed by atoms with Crippen LogP contribution in [0.2, 0.25) is 0 Å². The summed E-state index contributed by atoms with van der Waals surface area (Å²) in [4.78, 5) is 5.18. The molecule has 0 spiro atoms. The minimum Gasteiger partial charge on any atom is -0.369 e. The molecule has 0 saturated carbocycles. The van der Waals surface area contributed by atoms with E-state index in [0.717, 1.165) is 6.04 Å². The Morgan fingerprint density at radius 3 is 2.44 bits per heavy atom. The maximum atomic E-state index is 3.52. The van der Waals surface area contributed by atoms with Gasteiger partial charge in [-0.25, -0.2) is 0 Å². The van der Waals surface area contributed by atoms with Gasteiger partial charge >= 0.3 is 0 Å². The highest BCUT2D eigenvalue weighted by Gasteiger charge is 2.24. The monoisotopic (exact) mass is 245 g/mol. The number of benzene rings is 1. The summed E-state index contributed by atoms with van der Waals surface area (Å²) in [6, 6.07) is 11.6. The van der Waals surface area contributed by atoms with Crippen molar-refractivity contribution in [3.63, 3.8) is 0 Å². The van der Waals surface area contributed by atoms with Crippen LogP contribution in [0.15, 0.2) is 30.3 Å². The summed E-state index contributed by atoms with van der Waals surface area (Å²) < 4.78 is 0. The zero-order valence-electron chi connectivity index (χ0n) is 11.0. The molecule has 3 nitrogen and oxygen atoms in total. The minimum absolute atomic E-state index is 0.775. The molecule has 1 aromatic carbocycles. The van der Waals surface area contributed by atoms with Crippen LogP contribution < -0.4 is 10.2 Å². The van der Waals surface area contributed by atoms with Gasteiger partial charge in [0, 0.05) is 44.5 Å². The quantitative estimate of drug-likeness (QED) is 0.853. The zero-order valence-corrected chi connectivity index (χ0v) is 11.0. The average molecular weight is 245 g/mol. The van der Waals surface area contributed by atoms with E-state index in [4.69, 9.17) is 0 Å². The molecule has 18 heavy (non-hydrogen) atoms. The Morgan fingerprint density at radius 1 is 1.00 bits per heavy atom. The summed E-state index contributed by atoms with van der Waals surface area (Å²) in [7, 11) is 0. The van der Waals surface area contributed by atoms with Crippen LogP contribution in [0.4, 0.5) is 5.69 Å². The lowest BCUT2D eigenvalue weighted by Gasteiger charge is -2.41. The van der Waals surface area contributed by atoms with Gasteiger partial charge in [-0.2, -0.15) is 0 Å². The van der Waals surface area contributed by atoms with Crippen molar-refractivity contribution in [1.82, 2.24) is 10.2 Å². The molecular weight excluding hydrogens is 222 g/mol. The molecule has 2 aliphatic heterocycles. The lowest BCUT2D eigenvalue weighted by molar-refractivity contribution is 0.157. The molecule has 3 heteroatoms. The Labute approximate surface area is 110 Å². The number of piperazine rings is 1. The summed E-state index contributed by atoms with van der Waals surface area (Å²) in [5.41, 5.74) is 1.37. The second kappa shape index (κ2) is 5.72. The molecule has 2 heterocycles. The highest BCUT2D eigenvalue weighted by atomic mass is 15.3. The van der Waals surface area contributed by atoms with E-state index in [9.17, 15) is 0 Å². The molecular formula is C15H23N3. The van der Waals surface area contributed by atoms with Gasteiger partial charge in [0.15, 0.2) is 0 Å². The van der Waals surface area contributed by atoms with Crippen molar-refractivity contribution in [3.8, 4) is 0 Å². The predicted octanol–water partition coefficient (Wildman–Crippen LogP) is 1.56. The zero-order chi connectivity index (χ0) is 12.2. The maximum Gasteiger partial charge on any atom is 0.0367 e. The van der Waals surface area contributed by atoms with Crippen molar-refractivity contribution in [2.45, 2.75) is 18.9 Å². The Kier molecular flexibility index (Phi) is 3.81.